The standard InChI is InChI=1S/C23H25F2N3O3/c1-15(2)17-6-8-18(9-7-17)22-26-20(31-27-22)12-13-21(29)28(3)14-16-4-10-19(11-5-16)30-23(24)25/h4-11,15,23H,12-14H2,1-3H3. The number of rotatable bonds is 9. The second-order valence-corrected chi connectivity index (χ2v) is 7.56. The molecule has 1 aromatic heterocycles. The highest BCUT2D eigenvalue weighted by atomic mass is 19.3. The number of aryl methyl sites for hydroxylation is 1. The van der Waals surface area contributed by atoms with Gasteiger partial charge in [-0.1, -0.05) is 55.4 Å². The fraction of sp³-hybridized carbons (Fsp3) is 0.348. The zero-order valence-electron chi connectivity index (χ0n) is 17.7. The summed E-state index contributed by atoms with van der Waals surface area (Å²) in [6.45, 7) is 1.75. The first-order valence-electron chi connectivity index (χ1n) is 10.0. The van der Waals surface area contributed by atoms with Crippen molar-refractivity contribution in [3.05, 3.63) is 65.5 Å². The third-order valence-corrected chi connectivity index (χ3v) is 4.85. The lowest BCUT2D eigenvalue weighted by atomic mass is 10.0. The molecule has 0 saturated heterocycles. The van der Waals surface area contributed by atoms with Gasteiger partial charge in [0.25, 0.3) is 0 Å². The van der Waals surface area contributed by atoms with Crippen LogP contribution in [0.2, 0.25) is 0 Å². The van der Waals surface area contributed by atoms with Crippen molar-refractivity contribution in [2.24, 2.45) is 0 Å². The third-order valence-electron chi connectivity index (χ3n) is 4.85. The van der Waals surface area contributed by atoms with Gasteiger partial charge in [-0.25, -0.2) is 0 Å². The van der Waals surface area contributed by atoms with Crippen molar-refractivity contribution >= 4 is 5.91 Å². The van der Waals surface area contributed by atoms with E-state index >= 15 is 0 Å². The normalized spacial score (nSPS) is 11.2. The largest absolute Gasteiger partial charge is 0.435 e. The van der Waals surface area contributed by atoms with Crippen molar-refractivity contribution in [3.8, 4) is 17.1 Å². The summed E-state index contributed by atoms with van der Waals surface area (Å²) in [5.41, 5.74) is 2.90. The Morgan fingerprint density at radius 2 is 1.77 bits per heavy atom. The molecule has 164 valence electrons. The summed E-state index contributed by atoms with van der Waals surface area (Å²) in [6, 6.07) is 14.2. The van der Waals surface area contributed by atoms with Gasteiger partial charge in [-0.15, -0.1) is 0 Å². The van der Waals surface area contributed by atoms with Crippen LogP contribution in [-0.2, 0) is 17.8 Å². The summed E-state index contributed by atoms with van der Waals surface area (Å²) in [7, 11) is 1.68. The number of ether oxygens (including phenoxy) is 1. The van der Waals surface area contributed by atoms with Gasteiger partial charge in [-0.2, -0.15) is 13.8 Å². The lowest BCUT2D eigenvalue weighted by molar-refractivity contribution is -0.130. The predicted molar refractivity (Wildman–Crippen MR) is 112 cm³/mol. The summed E-state index contributed by atoms with van der Waals surface area (Å²) in [5.74, 6) is 1.34. The fourth-order valence-corrected chi connectivity index (χ4v) is 3.03. The molecule has 3 aromatic rings. The zero-order valence-corrected chi connectivity index (χ0v) is 17.7. The van der Waals surface area contributed by atoms with Gasteiger partial charge in [0.05, 0.1) is 0 Å². The van der Waals surface area contributed by atoms with E-state index in [2.05, 4.69) is 28.7 Å². The van der Waals surface area contributed by atoms with E-state index in [1.807, 2.05) is 24.3 Å². The first kappa shape index (κ1) is 22.4. The third kappa shape index (κ3) is 6.34. The first-order valence-corrected chi connectivity index (χ1v) is 10.0. The van der Waals surface area contributed by atoms with Gasteiger partial charge in [0, 0.05) is 32.0 Å². The van der Waals surface area contributed by atoms with Crippen molar-refractivity contribution in [2.45, 2.75) is 45.8 Å². The van der Waals surface area contributed by atoms with E-state index in [1.165, 1.54) is 17.7 Å². The molecule has 1 heterocycles. The van der Waals surface area contributed by atoms with Gasteiger partial charge in [-0.05, 0) is 29.2 Å². The van der Waals surface area contributed by atoms with Crippen molar-refractivity contribution in [1.29, 1.82) is 0 Å². The molecule has 0 aliphatic carbocycles. The molecule has 0 aliphatic heterocycles. The first-order chi connectivity index (χ1) is 14.8. The molecule has 0 radical (unpaired) electrons. The molecule has 0 spiro atoms. The molecule has 1 amide bonds. The molecule has 31 heavy (non-hydrogen) atoms. The number of alkyl halides is 2. The molecule has 0 aliphatic rings. The molecule has 0 atom stereocenters. The van der Waals surface area contributed by atoms with Gasteiger partial charge in [0.1, 0.15) is 5.75 Å². The van der Waals surface area contributed by atoms with Gasteiger partial charge >= 0.3 is 6.61 Å². The zero-order chi connectivity index (χ0) is 22.4. The van der Waals surface area contributed by atoms with Gasteiger partial charge in [-0.3, -0.25) is 4.79 Å². The number of halogens is 2. The molecule has 0 fully saturated rings. The molecule has 0 unspecified atom stereocenters. The second-order valence-electron chi connectivity index (χ2n) is 7.56. The summed E-state index contributed by atoms with van der Waals surface area (Å²) in [5, 5.41) is 4.00. The summed E-state index contributed by atoms with van der Waals surface area (Å²) in [4.78, 5) is 18.4. The van der Waals surface area contributed by atoms with E-state index in [9.17, 15) is 13.6 Å². The monoisotopic (exact) mass is 429 g/mol. The number of hydrogen-bond acceptors (Lipinski definition) is 5. The Hall–Kier alpha value is -3.29. The SMILES string of the molecule is CC(C)c1ccc(-c2noc(CCC(=O)N(C)Cc3ccc(OC(F)F)cc3)n2)cc1. The Kier molecular flexibility index (Phi) is 7.33. The highest BCUT2D eigenvalue weighted by Gasteiger charge is 2.14. The minimum Gasteiger partial charge on any atom is -0.435 e. The van der Waals surface area contributed by atoms with Crippen LogP contribution in [0.25, 0.3) is 11.4 Å². The maximum atomic E-state index is 12.4. The Morgan fingerprint density at radius 3 is 2.39 bits per heavy atom. The van der Waals surface area contributed by atoms with Crippen LogP contribution >= 0.6 is 0 Å². The molecule has 3 rings (SSSR count). The average molecular weight is 429 g/mol. The minimum absolute atomic E-state index is 0.0822. The smallest absolute Gasteiger partial charge is 0.387 e. The lowest BCUT2D eigenvalue weighted by Crippen LogP contribution is -2.26. The van der Waals surface area contributed by atoms with Crippen LogP contribution in [-0.4, -0.2) is 34.6 Å². The van der Waals surface area contributed by atoms with E-state index in [1.54, 1.807) is 24.1 Å². The van der Waals surface area contributed by atoms with E-state index in [0.29, 0.717) is 30.6 Å². The number of aromatic nitrogens is 2. The van der Waals surface area contributed by atoms with Gasteiger partial charge < -0.3 is 14.2 Å². The fourth-order valence-electron chi connectivity index (χ4n) is 3.03. The number of amides is 1. The van der Waals surface area contributed by atoms with Crippen LogP contribution in [0.3, 0.4) is 0 Å². The molecule has 0 N–H and O–H groups in total. The van der Waals surface area contributed by atoms with Crippen LogP contribution in [0, 0.1) is 0 Å². The number of benzene rings is 2. The molecular formula is C23H25F2N3O3. The van der Waals surface area contributed by atoms with Crippen molar-refractivity contribution < 1.29 is 22.8 Å². The molecule has 6 nitrogen and oxygen atoms in total. The molecular weight excluding hydrogens is 404 g/mol. The van der Waals surface area contributed by atoms with Gasteiger partial charge in [0.2, 0.25) is 17.6 Å². The van der Waals surface area contributed by atoms with Crippen molar-refractivity contribution in [2.75, 3.05) is 7.05 Å². The average Bonchev–Trinajstić information content (AvgIpc) is 3.22. The van der Waals surface area contributed by atoms with E-state index in [4.69, 9.17) is 4.52 Å². The molecule has 2 aromatic carbocycles. The Morgan fingerprint density at radius 1 is 1.10 bits per heavy atom. The lowest BCUT2D eigenvalue weighted by Gasteiger charge is -2.17. The molecule has 0 bridgehead atoms. The quantitative estimate of drug-likeness (QED) is 0.476. The number of carbonyl (C=O) groups excluding carboxylic acids is 1. The van der Waals surface area contributed by atoms with Crippen LogP contribution in [0.5, 0.6) is 5.75 Å². The minimum atomic E-state index is -2.86. The van der Waals surface area contributed by atoms with Gasteiger partial charge in [0.15, 0.2) is 0 Å². The van der Waals surface area contributed by atoms with Crippen LogP contribution in [0.4, 0.5) is 8.78 Å². The molecule has 0 saturated carbocycles. The van der Waals surface area contributed by atoms with Crippen molar-refractivity contribution in [1.82, 2.24) is 15.0 Å². The van der Waals surface area contributed by atoms with E-state index in [0.717, 1.165) is 11.1 Å². The maximum absolute atomic E-state index is 12.4. The summed E-state index contributed by atoms with van der Waals surface area (Å²) >= 11 is 0. The number of nitrogens with zero attached hydrogens (tertiary/aromatic N) is 3. The summed E-state index contributed by atoms with van der Waals surface area (Å²) < 4.78 is 34.0. The highest BCUT2D eigenvalue weighted by molar-refractivity contribution is 5.76. The van der Waals surface area contributed by atoms with Crippen molar-refractivity contribution in [3.63, 3.8) is 0 Å². The highest BCUT2D eigenvalue weighted by Crippen LogP contribution is 2.21. The number of carbonyl (C=O) groups is 1. The number of hydrogen-bond donors (Lipinski definition) is 0. The Bertz CT molecular complexity index is 986. The second kappa shape index (κ2) is 10.1. The van der Waals surface area contributed by atoms with Crippen LogP contribution < -0.4 is 4.74 Å². The van der Waals surface area contributed by atoms with E-state index in [-0.39, 0.29) is 18.1 Å². The maximum Gasteiger partial charge on any atom is 0.387 e. The Labute approximate surface area is 179 Å². The van der Waals surface area contributed by atoms with Crippen LogP contribution in [0.1, 0.15) is 43.2 Å². The topological polar surface area (TPSA) is 68.5 Å². The Balaban J connectivity index is 1.51. The summed E-state index contributed by atoms with van der Waals surface area (Å²) in [6.07, 6.45) is 0.554. The molecule has 8 heteroatoms. The predicted octanol–water partition coefficient (Wildman–Crippen LogP) is 5.05. The van der Waals surface area contributed by atoms with E-state index < -0.39 is 6.61 Å². The van der Waals surface area contributed by atoms with Crippen LogP contribution in [0.15, 0.2) is 53.1 Å².